The van der Waals surface area contributed by atoms with E-state index in [4.69, 9.17) is 4.74 Å². The molecule has 1 aromatic carbocycles. The maximum atomic E-state index is 15.9. The second-order valence-corrected chi connectivity index (χ2v) is 10.1. The molecule has 1 unspecified atom stereocenters. The second kappa shape index (κ2) is 11.8. The third-order valence-electron chi connectivity index (χ3n) is 6.65. The van der Waals surface area contributed by atoms with Gasteiger partial charge < -0.3 is 14.5 Å². The summed E-state index contributed by atoms with van der Waals surface area (Å²) in [6, 6.07) is 3.34. The molecule has 5 rings (SSSR count). The van der Waals surface area contributed by atoms with Crippen molar-refractivity contribution in [3.8, 4) is 23.3 Å². The summed E-state index contributed by atoms with van der Waals surface area (Å²) in [5.41, 5.74) is -3.73. The van der Waals surface area contributed by atoms with E-state index in [0.717, 1.165) is 35.7 Å². The summed E-state index contributed by atoms with van der Waals surface area (Å²) in [7, 11) is 1.20. The van der Waals surface area contributed by atoms with Crippen LogP contribution in [0.2, 0.25) is 0 Å². The van der Waals surface area contributed by atoms with E-state index in [-0.39, 0.29) is 48.3 Å². The van der Waals surface area contributed by atoms with Crippen molar-refractivity contribution in [3.05, 3.63) is 64.0 Å². The highest BCUT2D eigenvalue weighted by molar-refractivity contribution is 7.10. The summed E-state index contributed by atoms with van der Waals surface area (Å²) in [5, 5.41) is 11.3. The van der Waals surface area contributed by atoms with Gasteiger partial charge in [-0.3, -0.25) is 9.78 Å². The van der Waals surface area contributed by atoms with Crippen molar-refractivity contribution < 1.29 is 35.9 Å². The SMILES string of the molecule is COc1nc(N2CCN(C(=O)/C(F)=C/c3nccs3)C(CC#N)C2)c2cnc(-c3cccc(F)c3C(F)(F)F)c(F)c2n1. The van der Waals surface area contributed by atoms with Crippen molar-refractivity contribution in [2.45, 2.75) is 18.6 Å². The molecule has 4 heterocycles. The van der Waals surface area contributed by atoms with Gasteiger partial charge in [-0.2, -0.15) is 28.4 Å². The molecule has 1 aliphatic heterocycles. The molecule has 3 aromatic heterocycles. The van der Waals surface area contributed by atoms with Gasteiger partial charge >= 0.3 is 12.2 Å². The molecule has 0 radical (unpaired) electrons. The van der Waals surface area contributed by atoms with Crippen LogP contribution in [0.5, 0.6) is 6.01 Å². The number of halogens is 6. The Bertz CT molecular complexity index is 1760. The third kappa shape index (κ3) is 5.80. The van der Waals surface area contributed by atoms with E-state index < -0.39 is 57.9 Å². The molecule has 16 heteroatoms. The molecule has 9 nitrogen and oxygen atoms in total. The molecular formula is C27H19F6N7O2S. The molecule has 222 valence electrons. The molecule has 0 bridgehead atoms. The number of benzene rings is 1. The van der Waals surface area contributed by atoms with Gasteiger partial charge in [-0.15, -0.1) is 11.3 Å². The summed E-state index contributed by atoms with van der Waals surface area (Å²) in [6.45, 7) is -0.0338. The Morgan fingerprint density at radius 3 is 2.70 bits per heavy atom. The van der Waals surface area contributed by atoms with Crippen molar-refractivity contribution >= 4 is 40.0 Å². The molecule has 1 aliphatic rings. The lowest BCUT2D eigenvalue weighted by Gasteiger charge is -2.41. The number of aromatic nitrogens is 4. The van der Waals surface area contributed by atoms with Crippen molar-refractivity contribution in [2.75, 3.05) is 31.6 Å². The number of hydrogen-bond donors (Lipinski definition) is 0. The van der Waals surface area contributed by atoms with Crippen LogP contribution in [0.3, 0.4) is 0 Å². The molecular weight excluding hydrogens is 600 g/mol. The molecule has 1 fully saturated rings. The Balaban J connectivity index is 1.54. The minimum atomic E-state index is -5.14. The van der Waals surface area contributed by atoms with Gasteiger partial charge in [-0.05, 0) is 6.07 Å². The van der Waals surface area contributed by atoms with E-state index in [2.05, 4.69) is 19.9 Å². The first-order chi connectivity index (χ1) is 20.5. The maximum absolute atomic E-state index is 15.9. The van der Waals surface area contributed by atoms with Gasteiger partial charge in [0.1, 0.15) is 33.4 Å². The van der Waals surface area contributed by atoms with Crippen LogP contribution < -0.4 is 9.64 Å². The van der Waals surface area contributed by atoms with E-state index in [1.807, 2.05) is 6.07 Å². The van der Waals surface area contributed by atoms with Crippen LogP contribution in [-0.4, -0.2) is 63.5 Å². The lowest BCUT2D eigenvalue weighted by atomic mass is 10.0. The fourth-order valence-corrected chi connectivity index (χ4v) is 5.31. The van der Waals surface area contributed by atoms with Crippen LogP contribution in [-0.2, 0) is 11.0 Å². The summed E-state index contributed by atoms with van der Waals surface area (Å²) in [6.07, 6.45) is -1.80. The average Bonchev–Trinajstić information content (AvgIpc) is 3.49. The molecule has 0 saturated carbocycles. The molecule has 0 aliphatic carbocycles. The van der Waals surface area contributed by atoms with Gasteiger partial charge in [0, 0.05) is 49.0 Å². The van der Waals surface area contributed by atoms with Crippen LogP contribution >= 0.6 is 11.3 Å². The zero-order valence-corrected chi connectivity index (χ0v) is 22.9. The average molecular weight is 620 g/mol. The normalized spacial score (nSPS) is 16.0. The van der Waals surface area contributed by atoms with Crippen LogP contribution in [0.1, 0.15) is 17.0 Å². The topological polar surface area (TPSA) is 108 Å². The van der Waals surface area contributed by atoms with Crippen molar-refractivity contribution in [1.29, 1.82) is 5.26 Å². The predicted octanol–water partition coefficient (Wildman–Crippen LogP) is 5.40. The number of nitrogens with zero attached hydrogens (tertiary/aromatic N) is 7. The first kappa shape index (κ1) is 29.7. The van der Waals surface area contributed by atoms with E-state index >= 15 is 4.39 Å². The van der Waals surface area contributed by atoms with E-state index in [1.165, 1.54) is 18.2 Å². The van der Waals surface area contributed by atoms with Crippen LogP contribution in [0.25, 0.3) is 28.2 Å². The van der Waals surface area contributed by atoms with Gasteiger partial charge in [0.2, 0.25) is 0 Å². The van der Waals surface area contributed by atoms with E-state index in [9.17, 15) is 32.0 Å². The highest BCUT2D eigenvalue weighted by atomic mass is 32.1. The van der Waals surface area contributed by atoms with Gasteiger partial charge in [0.15, 0.2) is 11.6 Å². The number of carbonyl (C=O) groups excluding carboxylic acids is 1. The summed E-state index contributed by atoms with van der Waals surface area (Å²) in [4.78, 5) is 31.8. The van der Waals surface area contributed by atoms with Crippen LogP contribution in [0.15, 0.2) is 41.8 Å². The number of anilines is 1. The van der Waals surface area contributed by atoms with Crippen molar-refractivity contribution in [1.82, 2.24) is 24.8 Å². The Morgan fingerprint density at radius 2 is 2.02 bits per heavy atom. The molecule has 43 heavy (non-hydrogen) atoms. The first-order valence-corrected chi connectivity index (χ1v) is 13.4. The molecule has 0 spiro atoms. The fraction of sp³-hybridized carbons (Fsp3) is 0.259. The molecule has 1 saturated heterocycles. The van der Waals surface area contributed by atoms with E-state index in [1.54, 1.807) is 10.3 Å². The summed E-state index contributed by atoms with van der Waals surface area (Å²) in [5.74, 6) is -4.81. The number of nitriles is 1. The standard InChI is InChI=1S/C27H19F6N7O2S/c1-42-26-37-23-16(12-36-22(21(23)30)15-3-2-4-17(28)20(15)27(31,32)33)24(38-26)39-8-9-40(14(13-39)5-6-34)25(41)18(29)11-19-35-7-10-43-19/h2-4,7,10-12,14H,5,8-9,13H2,1H3/b18-11-. The number of thiazole rings is 1. The minimum Gasteiger partial charge on any atom is -0.467 e. The number of methoxy groups -OCH3 is 1. The number of alkyl halides is 3. The quantitative estimate of drug-likeness (QED) is 0.209. The van der Waals surface area contributed by atoms with Crippen molar-refractivity contribution in [3.63, 3.8) is 0 Å². The lowest BCUT2D eigenvalue weighted by molar-refractivity contribution is -0.139. The Labute approximate surface area is 243 Å². The van der Waals surface area contributed by atoms with E-state index in [0.29, 0.717) is 6.07 Å². The predicted molar refractivity (Wildman–Crippen MR) is 143 cm³/mol. The highest BCUT2D eigenvalue weighted by Gasteiger charge is 2.39. The monoisotopic (exact) mass is 619 g/mol. The van der Waals surface area contributed by atoms with Gasteiger partial charge in [0.05, 0.1) is 31.0 Å². The fourth-order valence-electron chi connectivity index (χ4n) is 4.76. The number of fused-ring (bicyclic) bond motifs is 1. The Morgan fingerprint density at radius 1 is 1.23 bits per heavy atom. The number of pyridine rings is 1. The van der Waals surface area contributed by atoms with Crippen LogP contribution in [0, 0.1) is 23.0 Å². The zero-order chi connectivity index (χ0) is 30.9. The number of ether oxygens (including phenoxy) is 1. The molecule has 1 amide bonds. The van der Waals surface area contributed by atoms with Crippen molar-refractivity contribution in [2.24, 2.45) is 0 Å². The number of rotatable bonds is 6. The summed E-state index contributed by atoms with van der Waals surface area (Å²) < 4.78 is 91.0. The highest BCUT2D eigenvalue weighted by Crippen LogP contribution is 2.40. The Kier molecular flexibility index (Phi) is 8.18. The molecule has 4 aromatic rings. The lowest BCUT2D eigenvalue weighted by Crippen LogP contribution is -2.55. The third-order valence-corrected chi connectivity index (χ3v) is 7.38. The first-order valence-electron chi connectivity index (χ1n) is 12.5. The number of amides is 1. The number of carbonyl (C=O) groups is 1. The number of piperazine rings is 1. The Hall–Kier alpha value is -4.78. The summed E-state index contributed by atoms with van der Waals surface area (Å²) >= 11 is 1.14. The number of hydrogen-bond acceptors (Lipinski definition) is 9. The largest absolute Gasteiger partial charge is 0.467 e. The van der Waals surface area contributed by atoms with Gasteiger partial charge in [-0.25, -0.2) is 18.2 Å². The smallest absolute Gasteiger partial charge is 0.419 e. The van der Waals surface area contributed by atoms with Gasteiger partial charge in [-0.1, -0.05) is 12.1 Å². The minimum absolute atomic E-state index is 0.0163. The molecule has 0 N–H and O–H groups in total. The maximum Gasteiger partial charge on any atom is 0.419 e. The zero-order valence-electron chi connectivity index (χ0n) is 22.1. The molecule has 1 atom stereocenters. The second-order valence-electron chi connectivity index (χ2n) is 9.20. The van der Waals surface area contributed by atoms with Gasteiger partial charge in [0.25, 0.3) is 5.91 Å². The van der Waals surface area contributed by atoms with Crippen LogP contribution in [0.4, 0.5) is 32.2 Å².